The van der Waals surface area contributed by atoms with Crippen LogP contribution in [0.3, 0.4) is 0 Å². The van der Waals surface area contributed by atoms with Crippen LogP contribution in [0.15, 0.2) is 18.2 Å². The summed E-state index contributed by atoms with van der Waals surface area (Å²) in [4.78, 5) is 17.7. The number of nitrogens with zero attached hydrogens (tertiary/aromatic N) is 1. The maximum atomic E-state index is 11.8. The molecular weight excluding hydrogens is 352 g/mol. The summed E-state index contributed by atoms with van der Waals surface area (Å²) in [6, 6.07) is 6.69. The zero-order valence-corrected chi connectivity index (χ0v) is 16.6. The predicted octanol–water partition coefficient (Wildman–Crippen LogP) is 3.75. The lowest BCUT2D eigenvalue weighted by molar-refractivity contribution is -0.144. The van der Waals surface area contributed by atoms with Gasteiger partial charge in [-0.2, -0.15) is 0 Å². The predicted molar refractivity (Wildman–Crippen MR) is 109 cm³/mol. The molecule has 2 aromatic rings. The first-order chi connectivity index (χ1) is 13.5. The van der Waals surface area contributed by atoms with E-state index in [-0.39, 0.29) is 11.8 Å². The van der Waals surface area contributed by atoms with E-state index in [1.54, 1.807) is 0 Å². The molecule has 2 heterocycles. The SMILES string of the molecule is CCN1CC(C(=O)O)C[C@@H]2c3cccc4[nH]c(C5(O)CCCCC5)c(c34)C[C@H]21. The Balaban J connectivity index is 1.65. The smallest absolute Gasteiger partial charge is 0.307 e. The number of H-pyrrole nitrogens is 1. The molecule has 2 aliphatic carbocycles. The summed E-state index contributed by atoms with van der Waals surface area (Å²) in [7, 11) is 0. The number of hydrogen-bond donors (Lipinski definition) is 3. The summed E-state index contributed by atoms with van der Waals surface area (Å²) in [6.07, 6.45) is 6.62. The number of carbonyl (C=O) groups is 1. The molecular formula is C23H30N2O3. The lowest BCUT2D eigenvalue weighted by Crippen LogP contribution is -2.51. The molecule has 5 heteroatoms. The van der Waals surface area contributed by atoms with Gasteiger partial charge < -0.3 is 15.2 Å². The van der Waals surface area contributed by atoms with E-state index < -0.39 is 11.6 Å². The molecule has 1 aromatic carbocycles. The fourth-order valence-corrected chi connectivity index (χ4v) is 6.21. The van der Waals surface area contributed by atoms with Crippen molar-refractivity contribution in [1.29, 1.82) is 0 Å². The van der Waals surface area contributed by atoms with Gasteiger partial charge in [0, 0.05) is 29.4 Å². The minimum absolute atomic E-state index is 0.246. The summed E-state index contributed by atoms with van der Waals surface area (Å²) < 4.78 is 0. The average molecular weight is 383 g/mol. The number of benzene rings is 1. The van der Waals surface area contributed by atoms with Crippen molar-refractivity contribution in [2.75, 3.05) is 13.1 Å². The van der Waals surface area contributed by atoms with E-state index in [2.05, 4.69) is 35.0 Å². The molecule has 28 heavy (non-hydrogen) atoms. The molecule has 1 saturated heterocycles. The molecule has 1 unspecified atom stereocenters. The number of hydrogen-bond acceptors (Lipinski definition) is 3. The average Bonchev–Trinajstić information content (AvgIpc) is 3.09. The standard InChI is InChI=1S/C23H30N2O3/c1-2-25-13-14(22(26)27)11-16-15-7-6-8-18-20(15)17(12-19(16)25)21(24-18)23(28)9-4-3-5-10-23/h6-8,14,16,19,24,28H,2-5,9-13H2,1H3,(H,26,27)/t14?,16-,19-/m1/s1. The maximum absolute atomic E-state index is 11.8. The number of piperidine rings is 1. The van der Waals surface area contributed by atoms with Gasteiger partial charge >= 0.3 is 5.97 Å². The monoisotopic (exact) mass is 382 g/mol. The Bertz CT molecular complexity index is 912. The van der Waals surface area contributed by atoms with E-state index in [0.29, 0.717) is 19.0 Å². The Morgan fingerprint density at radius 1 is 1.29 bits per heavy atom. The molecule has 3 atom stereocenters. The van der Waals surface area contributed by atoms with Crippen LogP contribution in [0, 0.1) is 5.92 Å². The summed E-state index contributed by atoms with van der Waals surface area (Å²) in [5, 5.41) is 22.4. The molecule has 0 radical (unpaired) electrons. The Morgan fingerprint density at radius 3 is 2.79 bits per heavy atom. The molecule has 1 saturated carbocycles. The number of aliphatic hydroxyl groups is 1. The lowest BCUT2D eigenvalue weighted by Gasteiger charge is -2.46. The number of aromatic amines is 1. The van der Waals surface area contributed by atoms with Gasteiger partial charge in [-0.05, 0) is 49.4 Å². The number of nitrogens with one attached hydrogen (secondary N) is 1. The zero-order chi connectivity index (χ0) is 19.5. The molecule has 5 rings (SSSR count). The van der Waals surface area contributed by atoms with Crippen molar-refractivity contribution < 1.29 is 15.0 Å². The highest BCUT2D eigenvalue weighted by atomic mass is 16.4. The maximum Gasteiger partial charge on any atom is 0.307 e. The quantitative estimate of drug-likeness (QED) is 0.756. The van der Waals surface area contributed by atoms with E-state index >= 15 is 0 Å². The van der Waals surface area contributed by atoms with Crippen molar-refractivity contribution in [2.45, 2.75) is 69.4 Å². The number of fused-ring (bicyclic) bond motifs is 2. The lowest BCUT2D eigenvalue weighted by atomic mass is 9.70. The van der Waals surface area contributed by atoms with Gasteiger partial charge in [0.05, 0.1) is 11.6 Å². The molecule has 150 valence electrons. The van der Waals surface area contributed by atoms with E-state index in [0.717, 1.165) is 49.9 Å². The van der Waals surface area contributed by atoms with Gasteiger partial charge in [0.25, 0.3) is 0 Å². The largest absolute Gasteiger partial charge is 0.481 e. The number of aromatic nitrogens is 1. The second kappa shape index (κ2) is 6.60. The molecule has 1 aliphatic heterocycles. The number of aliphatic carboxylic acids is 1. The Hall–Kier alpha value is -1.85. The number of carboxylic acid groups (broad SMARTS) is 1. The zero-order valence-electron chi connectivity index (χ0n) is 16.6. The van der Waals surface area contributed by atoms with E-state index in [4.69, 9.17) is 0 Å². The van der Waals surface area contributed by atoms with Crippen molar-refractivity contribution in [3.05, 3.63) is 35.0 Å². The number of carboxylic acids is 1. The van der Waals surface area contributed by atoms with E-state index in [1.165, 1.54) is 22.9 Å². The van der Waals surface area contributed by atoms with Crippen molar-refractivity contribution in [2.24, 2.45) is 5.92 Å². The molecule has 0 bridgehead atoms. The molecule has 5 nitrogen and oxygen atoms in total. The summed E-state index contributed by atoms with van der Waals surface area (Å²) >= 11 is 0. The van der Waals surface area contributed by atoms with Gasteiger partial charge in [0.15, 0.2) is 0 Å². The molecule has 0 spiro atoms. The van der Waals surface area contributed by atoms with Crippen LogP contribution in [0.2, 0.25) is 0 Å². The van der Waals surface area contributed by atoms with Crippen LogP contribution in [-0.2, 0) is 16.8 Å². The van der Waals surface area contributed by atoms with Crippen molar-refractivity contribution in [3.63, 3.8) is 0 Å². The van der Waals surface area contributed by atoms with Gasteiger partial charge in [-0.15, -0.1) is 0 Å². The van der Waals surface area contributed by atoms with Gasteiger partial charge in [-0.3, -0.25) is 9.69 Å². The third-order valence-electron chi connectivity index (χ3n) is 7.60. The number of likely N-dealkylation sites (tertiary alicyclic amines) is 1. The van der Waals surface area contributed by atoms with Crippen LogP contribution in [-0.4, -0.2) is 45.2 Å². The summed E-state index contributed by atoms with van der Waals surface area (Å²) in [6.45, 7) is 3.62. The fourth-order valence-electron chi connectivity index (χ4n) is 6.21. The molecule has 1 aromatic heterocycles. The second-order valence-corrected chi connectivity index (χ2v) is 9.08. The molecule has 0 amide bonds. The topological polar surface area (TPSA) is 76.6 Å². The number of likely N-dealkylation sites (N-methyl/N-ethyl adjacent to an activating group) is 1. The third kappa shape index (κ3) is 2.63. The first-order valence-corrected chi connectivity index (χ1v) is 10.8. The minimum Gasteiger partial charge on any atom is -0.481 e. The normalized spacial score (nSPS) is 29.6. The van der Waals surface area contributed by atoms with Crippen LogP contribution >= 0.6 is 0 Å². The van der Waals surface area contributed by atoms with Gasteiger partial charge in [-0.25, -0.2) is 0 Å². The van der Waals surface area contributed by atoms with Crippen molar-refractivity contribution in [3.8, 4) is 0 Å². The minimum atomic E-state index is -0.744. The summed E-state index contributed by atoms with van der Waals surface area (Å²) in [5.74, 6) is -0.740. The molecule has 3 N–H and O–H groups in total. The van der Waals surface area contributed by atoms with Crippen LogP contribution in [0.5, 0.6) is 0 Å². The Morgan fingerprint density at radius 2 is 2.07 bits per heavy atom. The third-order valence-corrected chi connectivity index (χ3v) is 7.60. The highest BCUT2D eigenvalue weighted by molar-refractivity contribution is 5.90. The van der Waals surface area contributed by atoms with Crippen molar-refractivity contribution in [1.82, 2.24) is 9.88 Å². The van der Waals surface area contributed by atoms with Gasteiger partial charge in [0.2, 0.25) is 0 Å². The van der Waals surface area contributed by atoms with Crippen LogP contribution in [0.4, 0.5) is 0 Å². The number of rotatable bonds is 3. The first kappa shape index (κ1) is 18.2. The van der Waals surface area contributed by atoms with Crippen LogP contribution < -0.4 is 0 Å². The fraction of sp³-hybridized carbons (Fsp3) is 0.609. The van der Waals surface area contributed by atoms with Crippen molar-refractivity contribution >= 4 is 16.9 Å². The van der Waals surface area contributed by atoms with Crippen LogP contribution in [0.1, 0.15) is 68.2 Å². The molecule has 3 aliphatic rings. The van der Waals surface area contributed by atoms with Gasteiger partial charge in [0.1, 0.15) is 5.60 Å². The summed E-state index contributed by atoms with van der Waals surface area (Å²) in [5.41, 5.74) is 3.94. The van der Waals surface area contributed by atoms with Gasteiger partial charge in [-0.1, -0.05) is 38.3 Å². The Kier molecular flexibility index (Phi) is 4.29. The highest BCUT2D eigenvalue weighted by Crippen LogP contribution is 2.49. The second-order valence-electron chi connectivity index (χ2n) is 9.08. The van der Waals surface area contributed by atoms with E-state index in [1.807, 2.05) is 0 Å². The highest BCUT2D eigenvalue weighted by Gasteiger charge is 2.45. The first-order valence-electron chi connectivity index (χ1n) is 10.8. The Labute approximate surface area is 165 Å². The molecule has 2 fully saturated rings. The van der Waals surface area contributed by atoms with E-state index in [9.17, 15) is 15.0 Å². The van der Waals surface area contributed by atoms with Crippen LogP contribution in [0.25, 0.3) is 10.9 Å².